The smallest absolute Gasteiger partial charge is 0.410 e. The molecular weight excluding hydrogens is 250 g/mol. The van der Waals surface area contributed by atoms with Crippen LogP contribution in [-0.4, -0.2) is 53.0 Å². The third kappa shape index (κ3) is 5.92. The average molecular weight is 273 g/mol. The van der Waals surface area contributed by atoms with Crippen LogP contribution in [0, 0.1) is 0 Å². The highest BCUT2D eigenvalue weighted by atomic mass is 16.6. The van der Waals surface area contributed by atoms with Gasteiger partial charge in [0.2, 0.25) is 0 Å². The number of ether oxygens (including phenoxy) is 2. The summed E-state index contributed by atoms with van der Waals surface area (Å²) in [7, 11) is 0. The summed E-state index contributed by atoms with van der Waals surface area (Å²) in [6.07, 6.45) is -0.460. The first kappa shape index (κ1) is 15.8. The van der Waals surface area contributed by atoms with Crippen LogP contribution in [0.4, 0.5) is 4.79 Å². The second-order valence-electron chi connectivity index (χ2n) is 5.85. The zero-order valence-electron chi connectivity index (χ0n) is 12.0. The van der Waals surface area contributed by atoms with Crippen LogP contribution >= 0.6 is 0 Å². The monoisotopic (exact) mass is 273 g/mol. The van der Waals surface area contributed by atoms with E-state index in [9.17, 15) is 14.7 Å². The van der Waals surface area contributed by atoms with Gasteiger partial charge < -0.3 is 19.5 Å². The number of aliphatic hydroxyl groups excluding tert-OH is 1. The third-order valence-corrected chi connectivity index (χ3v) is 2.66. The first-order valence-corrected chi connectivity index (χ1v) is 6.50. The molecule has 2 atom stereocenters. The molecule has 0 aromatic rings. The number of hydrogen-bond donors (Lipinski definition) is 1. The van der Waals surface area contributed by atoms with Crippen molar-refractivity contribution in [3.8, 4) is 0 Å². The summed E-state index contributed by atoms with van der Waals surface area (Å²) in [6, 6.07) is 0. The molecule has 2 unspecified atom stereocenters. The Kier molecular flexibility index (Phi) is 5.17. The lowest BCUT2D eigenvalue weighted by atomic mass is 10.1. The summed E-state index contributed by atoms with van der Waals surface area (Å²) in [4.78, 5) is 24.4. The van der Waals surface area contributed by atoms with Gasteiger partial charge in [0.15, 0.2) is 0 Å². The van der Waals surface area contributed by atoms with Gasteiger partial charge in [-0.2, -0.15) is 0 Å². The van der Waals surface area contributed by atoms with Crippen molar-refractivity contribution in [3.05, 3.63) is 0 Å². The number of carbonyl (C=O) groups excluding carboxylic acids is 2. The number of esters is 1. The Morgan fingerprint density at radius 3 is 2.37 bits per heavy atom. The Balaban J connectivity index is 2.68. The van der Waals surface area contributed by atoms with Gasteiger partial charge in [-0.05, 0) is 33.6 Å². The molecule has 0 aliphatic carbocycles. The van der Waals surface area contributed by atoms with E-state index < -0.39 is 17.8 Å². The second kappa shape index (κ2) is 6.23. The molecule has 1 fully saturated rings. The number of rotatable bonds is 1. The predicted molar refractivity (Wildman–Crippen MR) is 68.6 cm³/mol. The van der Waals surface area contributed by atoms with E-state index in [2.05, 4.69) is 0 Å². The minimum atomic E-state index is -0.618. The normalized spacial score (nSPS) is 24.6. The lowest BCUT2D eigenvalue weighted by molar-refractivity contribution is -0.147. The van der Waals surface area contributed by atoms with E-state index in [4.69, 9.17) is 9.47 Å². The highest BCUT2D eigenvalue weighted by Gasteiger charge is 2.30. The molecule has 0 radical (unpaired) electrons. The molecule has 0 saturated carbocycles. The van der Waals surface area contributed by atoms with Crippen LogP contribution < -0.4 is 0 Å². The minimum absolute atomic E-state index is 0.201. The quantitative estimate of drug-likeness (QED) is 0.729. The Bertz CT molecular complexity index is 336. The van der Waals surface area contributed by atoms with Crippen LogP contribution in [0.2, 0.25) is 0 Å². The summed E-state index contributed by atoms with van der Waals surface area (Å²) in [5.74, 6) is -0.384. The van der Waals surface area contributed by atoms with Crippen LogP contribution in [0.5, 0.6) is 0 Å². The summed E-state index contributed by atoms with van der Waals surface area (Å²) in [6.45, 7) is 7.13. The van der Waals surface area contributed by atoms with Crippen LogP contribution in [0.25, 0.3) is 0 Å². The molecule has 1 amide bonds. The van der Waals surface area contributed by atoms with Gasteiger partial charge in [0.1, 0.15) is 11.7 Å². The fourth-order valence-electron chi connectivity index (χ4n) is 1.94. The van der Waals surface area contributed by atoms with Crippen molar-refractivity contribution in [2.75, 3.05) is 13.1 Å². The Labute approximate surface area is 113 Å². The predicted octanol–water partition coefficient (Wildman–Crippen LogP) is 1.31. The lowest BCUT2D eigenvalue weighted by Crippen LogP contribution is -2.43. The second-order valence-corrected chi connectivity index (χ2v) is 5.85. The standard InChI is InChI=1S/C13H23NO5/c1-9(15)18-11-6-5-10(16)7-14(8-11)12(17)19-13(2,3)4/h10-11,16H,5-8H2,1-4H3. The molecule has 0 aromatic carbocycles. The average Bonchev–Trinajstić information content (AvgIpc) is 2.38. The lowest BCUT2D eigenvalue weighted by Gasteiger charge is -2.28. The van der Waals surface area contributed by atoms with E-state index in [-0.39, 0.29) is 25.2 Å². The molecular formula is C13H23NO5. The molecule has 1 N–H and O–H groups in total. The van der Waals surface area contributed by atoms with Gasteiger partial charge in [-0.3, -0.25) is 4.79 Å². The van der Waals surface area contributed by atoms with Gasteiger partial charge in [-0.15, -0.1) is 0 Å². The van der Waals surface area contributed by atoms with Crippen LogP contribution in [0.15, 0.2) is 0 Å². The Hall–Kier alpha value is -1.30. The fourth-order valence-corrected chi connectivity index (χ4v) is 1.94. The molecule has 0 spiro atoms. The number of carbonyl (C=O) groups is 2. The van der Waals surface area contributed by atoms with Gasteiger partial charge in [-0.1, -0.05) is 0 Å². The number of β-amino-alcohol motifs (C(OH)–C–C–N with tert-alkyl or cyclic N) is 1. The van der Waals surface area contributed by atoms with E-state index in [0.717, 1.165) is 0 Å². The van der Waals surface area contributed by atoms with E-state index in [1.807, 2.05) is 0 Å². The highest BCUT2D eigenvalue weighted by Crippen LogP contribution is 2.17. The van der Waals surface area contributed by atoms with Crippen LogP contribution in [0.3, 0.4) is 0 Å². The zero-order valence-corrected chi connectivity index (χ0v) is 12.0. The molecule has 6 nitrogen and oxygen atoms in total. The van der Waals surface area contributed by atoms with Crippen LogP contribution in [-0.2, 0) is 14.3 Å². The Morgan fingerprint density at radius 2 is 1.84 bits per heavy atom. The topological polar surface area (TPSA) is 76.1 Å². The van der Waals surface area contributed by atoms with Gasteiger partial charge in [0, 0.05) is 6.92 Å². The van der Waals surface area contributed by atoms with E-state index in [1.165, 1.54) is 11.8 Å². The third-order valence-electron chi connectivity index (χ3n) is 2.66. The molecule has 1 aliphatic rings. The van der Waals surface area contributed by atoms with E-state index >= 15 is 0 Å². The number of aliphatic hydroxyl groups is 1. The first-order chi connectivity index (χ1) is 8.67. The van der Waals surface area contributed by atoms with E-state index in [0.29, 0.717) is 12.8 Å². The molecule has 0 aromatic heterocycles. The van der Waals surface area contributed by atoms with Crippen molar-refractivity contribution < 1.29 is 24.2 Å². The molecule has 110 valence electrons. The molecule has 1 rings (SSSR count). The summed E-state index contributed by atoms with van der Waals surface area (Å²) in [5, 5.41) is 9.77. The van der Waals surface area contributed by atoms with Gasteiger partial charge >= 0.3 is 12.1 Å². The van der Waals surface area contributed by atoms with Crippen LogP contribution in [0.1, 0.15) is 40.5 Å². The van der Waals surface area contributed by atoms with Crippen molar-refractivity contribution in [1.82, 2.24) is 4.90 Å². The zero-order chi connectivity index (χ0) is 14.6. The molecule has 6 heteroatoms. The molecule has 1 aliphatic heterocycles. The number of nitrogens with zero attached hydrogens (tertiary/aromatic N) is 1. The highest BCUT2D eigenvalue weighted by molar-refractivity contribution is 5.69. The van der Waals surface area contributed by atoms with Crippen molar-refractivity contribution in [2.24, 2.45) is 0 Å². The Morgan fingerprint density at radius 1 is 1.21 bits per heavy atom. The minimum Gasteiger partial charge on any atom is -0.461 e. The van der Waals surface area contributed by atoms with Crippen molar-refractivity contribution in [1.29, 1.82) is 0 Å². The molecule has 1 saturated heterocycles. The van der Waals surface area contributed by atoms with E-state index in [1.54, 1.807) is 20.8 Å². The largest absolute Gasteiger partial charge is 0.461 e. The number of amides is 1. The van der Waals surface area contributed by atoms with Gasteiger partial charge in [0.05, 0.1) is 19.2 Å². The summed E-state index contributed by atoms with van der Waals surface area (Å²) >= 11 is 0. The number of hydrogen-bond acceptors (Lipinski definition) is 5. The fraction of sp³-hybridized carbons (Fsp3) is 0.846. The molecule has 0 bridgehead atoms. The maximum absolute atomic E-state index is 12.0. The van der Waals surface area contributed by atoms with Gasteiger partial charge in [0.25, 0.3) is 0 Å². The molecule has 19 heavy (non-hydrogen) atoms. The first-order valence-electron chi connectivity index (χ1n) is 6.50. The van der Waals surface area contributed by atoms with Crippen molar-refractivity contribution in [2.45, 2.75) is 58.3 Å². The summed E-state index contributed by atoms with van der Waals surface area (Å²) < 4.78 is 10.4. The molecule has 1 heterocycles. The summed E-state index contributed by atoms with van der Waals surface area (Å²) in [5.41, 5.74) is -0.592. The number of likely N-dealkylation sites (tertiary alicyclic amines) is 1. The van der Waals surface area contributed by atoms with Gasteiger partial charge in [-0.25, -0.2) is 4.79 Å². The maximum atomic E-state index is 12.0. The SMILES string of the molecule is CC(=O)OC1CCC(O)CN(C(=O)OC(C)(C)C)C1. The van der Waals surface area contributed by atoms with Crippen molar-refractivity contribution >= 4 is 12.1 Å². The maximum Gasteiger partial charge on any atom is 0.410 e. The van der Waals surface area contributed by atoms with Crippen molar-refractivity contribution in [3.63, 3.8) is 0 Å².